The van der Waals surface area contributed by atoms with Crippen LogP contribution in [0, 0.1) is 0 Å². The van der Waals surface area contributed by atoms with Gasteiger partial charge in [-0.25, -0.2) is 0 Å². The van der Waals surface area contributed by atoms with Crippen LogP contribution in [0.1, 0.15) is 122 Å². The summed E-state index contributed by atoms with van der Waals surface area (Å²) < 4.78 is 0. The number of rotatable bonds is 19. The molecule has 0 fully saturated rings. The number of hydrogen-bond donors (Lipinski definition) is 1. The van der Waals surface area contributed by atoms with Crippen molar-refractivity contribution in [1.29, 1.82) is 0 Å². The Morgan fingerprint density at radius 3 is 1.72 bits per heavy atom. The number of unbranched alkanes of at least 4 members (excludes halogenated alkanes) is 13. The third-order valence-corrected chi connectivity index (χ3v) is 5.73. The Morgan fingerprint density at radius 2 is 1.17 bits per heavy atom. The van der Waals surface area contributed by atoms with Crippen LogP contribution in [0.4, 0.5) is 0 Å². The fourth-order valence-electron chi connectivity index (χ4n) is 3.85. The van der Waals surface area contributed by atoms with Crippen LogP contribution in [0.2, 0.25) is 0 Å². The Bertz CT molecular complexity index is 457. The lowest BCUT2D eigenvalue weighted by atomic mass is 10.0. The Kier molecular flexibility index (Phi) is 21.3. The van der Waals surface area contributed by atoms with Gasteiger partial charge >= 0.3 is 0 Å². The number of halogens is 1. The summed E-state index contributed by atoms with van der Waals surface area (Å²) in [5.41, 5.74) is 7.57. The van der Waals surface area contributed by atoms with Gasteiger partial charge in [0.1, 0.15) is 0 Å². The quantitative estimate of drug-likeness (QED) is 0.221. The molecule has 0 aromatic heterocycles. The lowest BCUT2D eigenvalue weighted by molar-refractivity contribution is 0.495. The predicted molar refractivity (Wildman–Crippen MR) is 135 cm³/mol. The molecule has 29 heavy (non-hydrogen) atoms. The molecule has 1 atom stereocenters. The Hall–Kier alpha value is -0.790. The smallest absolute Gasteiger partial charge is 0.00389 e. The first-order chi connectivity index (χ1) is 13.8. The van der Waals surface area contributed by atoms with Gasteiger partial charge in [-0.2, -0.15) is 0 Å². The molecule has 0 spiro atoms. The molecule has 0 saturated heterocycles. The van der Waals surface area contributed by atoms with Crippen molar-refractivity contribution >= 4 is 18.5 Å². The molecular formula is C27H48ClN. The highest BCUT2D eigenvalue weighted by Gasteiger charge is 2.01. The van der Waals surface area contributed by atoms with E-state index in [-0.39, 0.29) is 12.4 Å². The summed E-state index contributed by atoms with van der Waals surface area (Å²) in [5, 5.41) is 0. The largest absolute Gasteiger partial charge is 0.328 e. The topological polar surface area (TPSA) is 26.0 Å². The predicted octanol–water partition coefficient (Wildman–Crippen LogP) is 9.10. The van der Waals surface area contributed by atoms with Crippen LogP contribution in [0.15, 0.2) is 36.4 Å². The van der Waals surface area contributed by atoms with E-state index < -0.39 is 0 Å². The van der Waals surface area contributed by atoms with Gasteiger partial charge in [0.15, 0.2) is 0 Å². The second-order valence-electron chi connectivity index (χ2n) is 8.54. The molecule has 168 valence electrons. The molecule has 1 aromatic carbocycles. The third kappa shape index (κ3) is 18.9. The highest BCUT2D eigenvalue weighted by Crippen LogP contribution is 2.14. The van der Waals surface area contributed by atoms with E-state index in [1.165, 1.54) is 102 Å². The molecule has 0 aliphatic rings. The lowest BCUT2D eigenvalue weighted by Gasteiger charge is -2.10. The zero-order chi connectivity index (χ0) is 20.1. The average molecular weight is 422 g/mol. The summed E-state index contributed by atoms with van der Waals surface area (Å²) in [6.45, 7) is 2.29. The van der Waals surface area contributed by atoms with Crippen LogP contribution in [0.5, 0.6) is 0 Å². The van der Waals surface area contributed by atoms with Gasteiger partial charge in [-0.3, -0.25) is 0 Å². The van der Waals surface area contributed by atoms with Gasteiger partial charge in [-0.05, 0) is 31.2 Å². The highest BCUT2D eigenvalue weighted by molar-refractivity contribution is 5.85. The van der Waals surface area contributed by atoms with E-state index in [4.69, 9.17) is 5.73 Å². The maximum Gasteiger partial charge on any atom is 0.00389 e. The van der Waals surface area contributed by atoms with Crippen molar-refractivity contribution in [2.45, 2.75) is 122 Å². The summed E-state index contributed by atoms with van der Waals surface area (Å²) in [5.74, 6) is 0. The van der Waals surface area contributed by atoms with Gasteiger partial charge in [-0.1, -0.05) is 133 Å². The molecule has 0 bridgehead atoms. The number of hydrogen-bond acceptors (Lipinski definition) is 1. The minimum Gasteiger partial charge on any atom is -0.328 e. The Balaban J connectivity index is 0.00000784. The maximum atomic E-state index is 6.28. The van der Waals surface area contributed by atoms with Crippen molar-refractivity contribution in [1.82, 2.24) is 0 Å². The molecular weight excluding hydrogens is 374 g/mol. The summed E-state index contributed by atoms with van der Waals surface area (Å²) in [6, 6.07) is 10.9. The van der Waals surface area contributed by atoms with Crippen LogP contribution < -0.4 is 5.73 Å². The highest BCUT2D eigenvalue weighted by atomic mass is 35.5. The molecule has 1 rings (SSSR count). The molecule has 0 heterocycles. The van der Waals surface area contributed by atoms with E-state index >= 15 is 0 Å². The first-order valence-corrected chi connectivity index (χ1v) is 12.3. The number of allylic oxidation sites excluding steroid dienone is 1. The van der Waals surface area contributed by atoms with Crippen molar-refractivity contribution in [3.63, 3.8) is 0 Å². The van der Waals surface area contributed by atoms with Crippen LogP contribution in [-0.4, -0.2) is 6.04 Å². The zero-order valence-corrected chi connectivity index (χ0v) is 19.9. The van der Waals surface area contributed by atoms with E-state index in [9.17, 15) is 0 Å². The molecule has 2 N–H and O–H groups in total. The molecule has 1 aromatic rings. The van der Waals surface area contributed by atoms with Crippen LogP contribution in [0.3, 0.4) is 0 Å². The second kappa shape index (κ2) is 21.9. The summed E-state index contributed by atoms with van der Waals surface area (Å²) >= 11 is 0. The van der Waals surface area contributed by atoms with E-state index in [2.05, 4.69) is 49.4 Å². The van der Waals surface area contributed by atoms with E-state index in [0.29, 0.717) is 6.04 Å². The van der Waals surface area contributed by atoms with Gasteiger partial charge < -0.3 is 5.73 Å². The summed E-state index contributed by atoms with van der Waals surface area (Å²) in [4.78, 5) is 0. The zero-order valence-electron chi connectivity index (χ0n) is 19.1. The van der Waals surface area contributed by atoms with Crippen LogP contribution in [0.25, 0.3) is 6.08 Å². The normalized spacial score (nSPS) is 12.2. The third-order valence-electron chi connectivity index (χ3n) is 5.73. The molecule has 1 unspecified atom stereocenters. The van der Waals surface area contributed by atoms with Crippen molar-refractivity contribution in [2.24, 2.45) is 5.73 Å². The average Bonchev–Trinajstić information content (AvgIpc) is 2.72. The van der Waals surface area contributed by atoms with Crippen molar-refractivity contribution < 1.29 is 0 Å². The molecule has 1 nitrogen and oxygen atoms in total. The van der Waals surface area contributed by atoms with Gasteiger partial charge in [0.25, 0.3) is 0 Å². The monoisotopic (exact) mass is 421 g/mol. The van der Waals surface area contributed by atoms with Gasteiger partial charge in [0.05, 0.1) is 0 Å². The second-order valence-corrected chi connectivity index (χ2v) is 8.54. The fraction of sp³-hybridized carbons (Fsp3) is 0.704. The standard InChI is InChI=1S/C27H47N.ClH/c1-2-3-4-5-6-7-8-9-10-11-12-13-19-24-27(28)25-20-15-18-23-26-21-16-14-17-22-26;/h14,16-18,21-23,27H,2-13,15,19-20,24-25,28H2,1H3;1H. The van der Waals surface area contributed by atoms with Gasteiger partial charge in [-0.15, -0.1) is 12.4 Å². The maximum absolute atomic E-state index is 6.28. The summed E-state index contributed by atoms with van der Waals surface area (Å²) in [7, 11) is 0. The van der Waals surface area contributed by atoms with Crippen molar-refractivity contribution in [2.75, 3.05) is 0 Å². The summed E-state index contributed by atoms with van der Waals surface area (Å²) in [6.07, 6.45) is 27.7. The van der Waals surface area contributed by atoms with Gasteiger partial charge in [0, 0.05) is 6.04 Å². The minimum absolute atomic E-state index is 0. The van der Waals surface area contributed by atoms with Crippen molar-refractivity contribution in [3.05, 3.63) is 42.0 Å². The first-order valence-electron chi connectivity index (χ1n) is 12.3. The molecule has 2 heteroatoms. The number of nitrogens with two attached hydrogens (primary N) is 1. The van der Waals surface area contributed by atoms with E-state index in [1.54, 1.807) is 0 Å². The number of benzene rings is 1. The fourth-order valence-corrected chi connectivity index (χ4v) is 3.85. The SMILES string of the molecule is CCCCCCCCCCCCCCCC(N)CCCC=Cc1ccccc1.Cl. The minimum atomic E-state index is 0. The molecule has 0 aliphatic carbocycles. The Morgan fingerprint density at radius 1 is 0.690 bits per heavy atom. The van der Waals surface area contributed by atoms with Crippen LogP contribution in [-0.2, 0) is 0 Å². The molecule has 0 radical (unpaired) electrons. The lowest BCUT2D eigenvalue weighted by Crippen LogP contribution is -2.19. The van der Waals surface area contributed by atoms with E-state index in [0.717, 1.165) is 12.8 Å². The first kappa shape index (κ1) is 28.2. The van der Waals surface area contributed by atoms with Crippen LogP contribution >= 0.6 is 12.4 Å². The molecule has 0 saturated carbocycles. The van der Waals surface area contributed by atoms with Gasteiger partial charge in [0.2, 0.25) is 0 Å². The van der Waals surface area contributed by atoms with E-state index in [1.807, 2.05) is 0 Å². The van der Waals surface area contributed by atoms with Crippen molar-refractivity contribution in [3.8, 4) is 0 Å². The molecule has 0 amide bonds. The molecule has 0 aliphatic heterocycles. The Labute approximate surface area is 188 Å².